The lowest BCUT2D eigenvalue weighted by Crippen LogP contribution is -2.11. The van der Waals surface area contributed by atoms with Gasteiger partial charge in [-0.3, -0.25) is 4.79 Å². The van der Waals surface area contributed by atoms with E-state index in [0.29, 0.717) is 0 Å². The number of benzene rings is 2. The molecule has 2 aromatic rings. The quantitative estimate of drug-likeness (QED) is 0.786. The second-order valence-corrected chi connectivity index (χ2v) is 5.40. The van der Waals surface area contributed by atoms with Crippen LogP contribution in [0.15, 0.2) is 46.9 Å². The van der Waals surface area contributed by atoms with Crippen LogP contribution < -0.4 is 5.32 Å². The topological polar surface area (TPSA) is 29.1 Å². The van der Waals surface area contributed by atoms with Gasteiger partial charge in [0.05, 0.1) is 0 Å². The van der Waals surface area contributed by atoms with Crippen molar-refractivity contribution in [1.29, 1.82) is 0 Å². The first-order chi connectivity index (χ1) is 9.56. The van der Waals surface area contributed by atoms with Crippen LogP contribution in [0.4, 0.5) is 5.69 Å². The van der Waals surface area contributed by atoms with Gasteiger partial charge in [0, 0.05) is 21.6 Å². The molecule has 0 saturated heterocycles. The Morgan fingerprint density at radius 3 is 2.30 bits per heavy atom. The molecule has 0 aliphatic carbocycles. The summed E-state index contributed by atoms with van der Waals surface area (Å²) in [6.07, 6.45) is 0. The summed E-state index contributed by atoms with van der Waals surface area (Å²) in [4.78, 5) is 11.9. The van der Waals surface area contributed by atoms with Gasteiger partial charge in [0.2, 0.25) is 0 Å². The van der Waals surface area contributed by atoms with Gasteiger partial charge < -0.3 is 5.32 Å². The Hall–Kier alpha value is -2.05. The van der Waals surface area contributed by atoms with Gasteiger partial charge in [0.1, 0.15) is 0 Å². The SMILES string of the molecule is Cc1cc(Br)cc(C)c1NC(=O)C#Cc1ccccc1. The van der Waals surface area contributed by atoms with Crippen molar-refractivity contribution < 1.29 is 4.79 Å². The van der Waals surface area contributed by atoms with E-state index >= 15 is 0 Å². The van der Waals surface area contributed by atoms with Crippen molar-refractivity contribution in [3.63, 3.8) is 0 Å². The fourth-order valence-corrected chi connectivity index (χ4v) is 2.59. The average molecular weight is 328 g/mol. The summed E-state index contributed by atoms with van der Waals surface area (Å²) in [5.41, 5.74) is 3.66. The lowest BCUT2D eigenvalue weighted by Gasteiger charge is -2.10. The number of hydrogen-bond acceptors (Lipinski definition) is 1. The molecule has 0 atom stereocenters. The maximum Gasteiger partial charge on any atom is 0.300 e. The van der Waals surface area contributed by atoms with Crippen LogP contribution in [-0.4, -0.2) is 5.91 Å². The minimum absolute atomic E-state index is 0.303. The zero-order valence-electron chi connectivity index (χ0n) is 11.3. The summed E-state index contributed by atoms with van der Waals surface area (Å²) in [6.45, 7) is 3.91. The van der Waals surface area contributed by atoms with Crippen molar-refractivity contribution in [2.45, 2.75) is 13.8 Å². The number of nitrogens with one attached hydrogen (secondary N) is 1. The molecule has 2 rings (SSSR count). The number of hydrogen-bond donors (Lipinski definition) is 1. The van der Waals surface area contributed by atoms with Gasteiger partial charge in [0.15, 0.2) is 0 Å². The standard InChI is InChI=1S/C17H14BrNO/c1-12-10-15(18)11-13(2)17(12)19-16(20)9-8-14-6-4-3-5-7-14/h3-7,10-11H,1-2H3,(H,19,20). The predicted octanol–water partition coefficient (Wildman–Crippen LogP) is 4.06. The second kappa shape index (κ2) is 6.40. The molecule has 0 aliphatic rings. The van der Waals surface area contributed by atoms with Gasteiger partial charge in [-0.1, -0.05) is 40.0 Å². The molecule has 0 radical (unpaired) electrons. The molecule has 0 aromatic heterocycles. The smallest absolute Gasteiger partial charge is 0.300 e. The molecular weight excluding hydrogens is 314 g/mol. The highest BCUT2D eigenvalue weighted by molar-refractivity contribution is 9.10. The monoisotopic (exact) mass is 327 g/mol. The Kier molecular flexibility index (Phi) is 4.60. The Morgan fingerprint density at radius 2 is 1.70 bits per heavy atom. The molecule has 3 heteroatoms. The predicted molar refractivity (Wildman–Crippen MR) is 85.6 cm³/mol. The number of amides is 1. The van der Waals surface area contributed by atoms with E-state index in [1.54, 1.807) is 0 Å². The normalized spacial score (nSPS) is 9.55. The summed E-state index contributed by atoms with van der Waals surface area (Å²) in [7, 11) is 0. The van der Waals surface area contributed by atoms with Crippen LogP contribution in [0.5, 0.6) is 0 Å². The van der Waals surface area contributed by atoms with Gasteiger partial charge in [0.25, 0.3) is 0 Å². The molecule has 1 amide bonds. The van der Waals surface area contributed by atoms with Crippen molar-refractivity contribution in [2.75, 3.05) is 5.32 Å². The van der Waals surface area contributed by atoms with Gasteiger partial charge >= 0.3 is 5.91 Å². The molecule has 0 spiro atoms. The van der Waals surface area contributed by atoms with Gasteiger partial charge in [-0.2, -0.15) is 0 Å². The Bertz CT molecular complexity index is 673. The fraction of sp³-hybridized carbons (Fsp3) is 0.118. The van der Waals surface area contributed by atoms with Crippen LogP contribution in [-0.2, 0) is 4.79 Å². The molecule has 20 heavy (non-hydrogen) atoms. The Balaban J connectivity index is 2.16. The second-order valence-electron chi connectivity index (χ2n) is 4.48. The van der Waals surface area contributed by atoms with Gasteiger partial charge in [-0.15, -0.1) is 0 Å². The van der Waals surface area contributed by atoms with Crippen molar-refractivity contribution in [3.8, 4) is 11.8 Å². The summed E-state index contributed by atoms with van der Waals surface area (Å²) >= 11 is 3.43. The Labute approximate surface area is 127 Å². The molecule has 0 saturated carbocycles. The summed E-state index contributed by atoms with van der Waals surface area (Å²) < 4.78 is 1.00. The number of halogens is 1. The molecule has 0 aliphatic heterocycles. The van der Waals surface area contributed by atoms with Gasteiger partial charge in [-0.05, 0) is 49.2 Å². The highest BCUT2D eigenvalue weighted by atomic mass is 79.9. The van der Waals surface area contributed by atoms with Crippen LogP contribution in [0, 0.1) is 25.7 Å². The van der Waals surface area contributed by atoms with Crippen molar-refractivity contribution in [2.24, 2.45) is 0 Å². The number of carbonyl (C=O) groups is 1. The number of aryl methyl sites for hydroxylation is 2. The average Bonchev–Trinajstić information content (AvgIpc) is 2.42. The summed E-state index contributed by atoms with van der Waals surface area (Å²) in [5, 5.41) is 2.84. The van der Waals surface area contributed by atoms with E-state index in [1.165, 1.54) is 0 Å². The molecule has 0 heterocycles. The highest BCUT2D eigenvalue weighted by Gasteiger charge is 2.06. The minimum Gasteiger partial charge on any atom is -0.315 e. The van der Waals surface area contributed by atoms with Gasteiger partial charge in [-0.25, -0.2) is 0 Å². The third-order valence-electron chi connectivity index (χ3n) is 2.83. The third-order valence-corrected chi connectivity index (χ3v) is 3.29. The molecule has 0 fully saturated rings. The molecule has 100 valence electrons. The van der Waals surface area contributed by atoms with Crippen LogP contribution in [0.3, 0.4) is 0 Å². The zero-order chi connectivity index (χ0) is 14.5. The maximum absolute atomic E-state index is 11.9. The highest BCUT2D eigenvalue weighted by Crippen LogP contribution is 2.24. The fourth-order valence-electron chi connectivity index (χ4n) is 1.90. The molecule has 0 unspecified atom stereocenters. The summed E-state index contributed by atoms with van der Waals surface area (Å²) in [5.74, 6) is 5.15. The zero-order valence-corrected chi connectivity index (χ0v) is 12.9. The van der Waals surface area contributed by atoms with Crippen molar-refractivity contribution >= 4 is 27.5 Å². The van der Waals surface area contributed by atoms with E-state index in [0.717, 1.165) is 26.9 Å². The Morgan fingerprint density at radius 1 is 1.10 bits per heavy atom. The first-order valence-corrected chi connectivity index (χ1v) is 7.00. The molecule has 1 N–H and O–H groups in total. The van der Waals surface area contributed by atoms with Crippen LogP contribution in [0.2, 0.25) is 0 Å². The van der Waals surface area contributed by atoms with Crippen LogP contribution in [0.25, 0.3) is 0 Å². The minimum atomic E-state index is -0.303. The van der Waals surface area contributed by atoms with E-state index < -0.39 is 0 Å². The van der Waals surface area contributed by atoms with E-state index in [9.17, 15) is 4.79 Å². The molecule has 2 aromatic carbocycles. The largest absolute Gasteiger partial charge is 0.315 e. The lowest BCUT2D eigenvalue weighted by molar-refractivity contribution is -0.111. The van der Waals surface area contributed by atoms with E-state index in [2.05, 4.69) is 33.1 Å². The third kappa shape index (κ3) is 3.72. The first kappa shape index (κ1) is 14.4. The number of anilines is 1. The van der Waals surface area contributed by atoms with E-state index in [1.807, 2.05) is 56.3 Å². The number of carbonyl (C=O) groups excluding carboxylic acids is 1. The first-order valence-electron chi connectivity index (χ1n) is 6.21. The van der Waals surface area contributed by atoms with Crippen molar-refractivity contribution in [3.05, 3.63) is 63.6 Å². The molecule has 0 bridgehead atoms. The van der Waals surface area contributed by atoms with Crippen molar-refractivity contribution in [1.82, 2.24) is 0 Å². The van der Waals surface area contributed by atoms with E-state index in [-0.39, 0.29) is 5.91 Å². The molecule has 2 nitrogen and oxygen atoms in total. The van der Waals surface area contributed by atoms with Crippen LogP contribution in [0.1, 0.15) is 16.7 Å². The lowest BCUT2D eigenvalue weighted by atomic mass is 10.1. The van der Waals surface area contributed by atoms with Crippen LogP contribution >= 0.6 is 15.9 Å². The number of rotatable bonds is 1. The maximum atomic E-state index is 11.9. The molecular formula is C17H14BrNO. The van der Waals surface area contributed by atoms with E-state index in [4.69, 9.17) is 0 Å². The summed E-state index contributed by atoms with van der Waals surface area (Å²) in [6, 6.07) is 13.4.